The van der Waals surface area contributed by atoms with Crippen molar-refractivity contribution in [1.29, 1.82) is 0 Å². The molecule has 1 saturated heterocycles. The van der Waals surface area contributed by atoms with E-state index in [0.717, 1.165) is 5.84 Å². The maximum atomic E-state index is 5.07. The number of allylic oxidation sites excluding steroid dienone is 1. The van der Waals surface area contributed by atoms with Gasteiger partial charge in [-0.15, -0.1) is 0 Å². The molecule has 148 valence electrons. The van der Waals surface area contributed by atoms with Crippen molar-refractivity contribution < 1.29 is 0 Å². The molecule has 1 aromatic carbocycles. The molecule has 3 nitrogen and oxygen atoms in total. The molecule has 1 fully saturated rings. The second kappa shape index (κ2) is 6.39. The van der Waals surface area contributed by atoms with Crippen LogP contribution in [0.1, 0.15) is 80.4 Å². The lowest BCUT2D eigenvalue weighted by Crippen LogP contribution is -2.49. The van der Waals surface area contributed by atoms with Crippen molar-refractivity contribution in [2.75, 3.05) is 4.90 Å². The van der Waals surface area contributed by atoms with Crippen molar-refractivity contribution >= 4 is 11.5 Å². The minimum Gasteiger partial charge on any atom is -0.345 e. The van der Waals surface area contributed by atoms with Gasteiger partial charge in [0.2, 0.25) is 0 Å². The quantitative estimate of drug-likeness (QED) is 0.653. The highest BCUT2D eigenvalue weighted by molar-refractivity contribution is 6.14. The molecule has 3 rings (SSSR count). The third kappa shape index (κ3) is 2.99. The van der Waals surface area contributed by atoms with Crippen molar-refractivity contribution in [3.05, 3.63) is 41.1 Å². The fraction of sp³-hybridized carbons (Fsp3) is 0.625. The van der Waals surface area contributed by atoms with Gasteiger partial charge in [-0.25, -0.2) is 0 Å². The molecule has 2 heterocycles. The van der Waals surface area contributed by atoms with Gasteiger partial charge in [-0.3, -0.25) is 4.99 Å². The van der Waals surface area contributed by atoms with Gasteiger partial charge in [0.05, 0.1) is 5.70 Å². The van der Waals surface area contributed by atoms with Crippen LogP contribution >= 0.6 is 0 Å². The molecule has 3 heteroatoms. The van der Waals surface area contributed by atoms with Gasteiger partial charge in [-0.2, -0.15) is 0 Å². The van der Waals surface area contributed by atoms with E-state index in [1.165, 1.54) is 22.5 Å². The number of rotatable bonds is 2. The van der Waals surface area contributed by atoms with Crippen LogP contribution < -0.4 is 4.90 Å². The van der Waals surface area contributed by atoms with E-state index >= 15 is 0 Å². The average Bonchev–Trinajstić information content (AvgIpc) is 2.98. The second-order valence-electron chi connectivity index (χ2n) is 10.2. The summed E-state index contributed by atoms with van der Waals surface area (Å²) in [5.41, 5.74) is 5.60. The average molecular weight is 368 g/mol. The number of aliphatic imine (C=N–C) groups is 1. The van der Waals surface area contributed by atoms with Crippen LogP contribution in [0.3, 0.4) is 0 Å². The van der Waals surface area contributed by atoms with Crippen molar-refractivity contribution in [2.45, 2.75) is 98.3 Å². The zero-order chi connectivity index (χ0) is 20.3. The maximum Gasteiger partial charge on any atom is 0.153 e. The molecule has 0 aromatic heterocycles. The van der Waals surface area contributed by atoms with Gasteiger partial charge in [-0.05, 0) is 57.2 Å². The van der Waals surface area contributed by atoms with Crippen LogP contribution in [0, 0.1) is 0 Å². The molecule has 2 aliphatic heterocycles. The number of benzene rings is 1. The third-order valence-electron chi connectivity index (χ3n) is 5.92. The number of amidine groups is 1. The standard InChI is InChI=1S/C24H37N3/c1-11-19-21(25-15(2)3)27-20-13-12-17(23(6,7)8)14-18(20)24(9,10)22(27)26(19)16(4)5/h11-16,22H,1-10H3. The van der Waals surface area contributed by atoms with Crippen LogP contribution in [0.2, 0.25) is 0 Å². The normalized spacial score (nSPS) is 24.5. The number of fused-ring (bicyclic) bond motifs is 3. The predicted octanol–water partition coefficient (Wildman–Crippen LogP) is 5.84. The summed E-state index contributed by atoms with van der Waals surface area (Å²) >= 11 is 0. The maximum absolute atomic E-state index is 5.07. The topological polar surface area (TPSA) is 18.8 Å². The van der Waals surface area contributed by atoms with Crippen molar-refractivity contribution in [2.24, 2.45) is 4.99 Å². The Morgan fingerprint density at radius 3 is 2.22 bits per heavy atom. The van der Waals surface area contributed by atoms with Crippen LogP contribution in [0.4, 0.5) is 5.69 Å². The fourth-order valence-electron chi connectivity index (χ4n) is 4.61. The first-order valence-corrected chi connectivity index (χ1v) is 10.4. The van der Waals surface area contributed by atoms with E-state index in [4.69, 9.17) is 4.99 Å². The van der Waals surface area contributed by atoms with Crippen molar-refractivity contribution in [3.8, 4) is 0 Å². The SMILES string of the molecule is CC=C1C(=NC(C)C)N2c3ccc(C(C)(C)C)cc3C(C)(C)C2N1C(C)C. The Labute approximate surface area is 166 Å². The molecule has 0 amide bonds. The lowest BCUT2D eigenvalue weighted by Gasteiger charge is -2.38. The number of hydrogen-bond donors (Lipinski definition) is 0. The Morgan fingerprint density at radius 2 is 1.74 bits per heavy atom. The summed E-state index contributed by atoms with van der Waals surface area (Å²) in [7, 11) is 0. The molecule has 0 radical (unpaired) electrons. The van der Waals surface area contributed by atoms with E-state index in [-0.39, 0.29) is 23.0 Å². The van der Waals surface area contributed by atoms with Crippen LogP contribution in [0.25, 0.3) is 0 Å². The summed E-state index contributed by atoms with van der Waals surface area (Å²) in [6.45, 7) is 22.7. The van der Waals surface area contributed by atoms with Crippen LogP contribution in [-0.4, -0.2) is 29.0 Å². The summed E-state index contributed by atoms with van der Waals surface area (Å²) < 4.78 is 0. The zero-order valence-electron chi connectivity index (χ0n) is 18.9. The lowest BCUT2D eigenvalue weighted by atomic mass is 9.79. The summed E-state index contributed by atoms with van der Waals surface area (Å²) in [6, 6.07) is 7.75. The van der Waals surface area contributed by atoms with E-state index < -0.39 is 0 Å². The number of anilines is 1. The summed E-state index contributed by atoms with van der Waals surface area (Å²) in [6.07, 6.45) is 2.50. The van der Waals surface area contributed by atoms with Crippen LogP contribution in [0.5, 0.6) is 0 Å². The Morgan fingerprint density at radius 1 is 1.11 bits per heavy atom. The second-order valence-corrected chi connectivity index (χ2v) is 10.2. The molecular formula is C24H37N3. The molecule has 0 aliphatic carbocycles. The first-order valence-electron chi connectivity index (χ1n) is 10.4. The van der Waals surface area contributed by atoms with Gasteiger partial charge >= 0.3 is 0 Å². The highest BCUT2D eigenvalue weighted by Crippen LogP contribution is 2.52. The van der Waals surface area contributed by atoms with E-state index in [1.54, 1.807) is 0 Å². The monoisotopic (exact) mass is 367 g/mol. The molecule has 0 bridgehead atoms. The van der Waals surface area contributed by atoms with Crippen molar-refractivity contribution in [1.82, 2.24) is 4.90 Å². The zero-order valence-corrected chi connectivity index (χ0v) is 18.9. The third-order valence-corrected chi connectivity index (χ3v) is 5.92. The van der Waals surface area contributed by atoms with Crippen LogP contribution in [0.15, 0.2) is 35.0 Å². The van der Waals surface area contributed by atoms with Crippen LogP contribution in [-0.2, 0) is 10.8 Å². The summed E-state index contributed by atoms with van der Waals surface area (Å²) in [5, 5.41) is 0. The Bertz CT molecular complexity index is 790. The summed E-state index contributed by atoms with van der Waals surface area (Å²) in [5.74, 6) is 1.13. The van der Waals surface area contributed by atoms with Gasteiger partial charge in [-0.1, -0.05) is 52.8 Å². The molecule has 2 aliphatic rings. The Balaban J connectivity index is 2.27. The van der Waals surface area contributed by atoms with Gasteiger partial charge in [0.15, 0.2) is 5.84 Å². The number of nitrogens with zero attached hydrogens (tertiary/aromatic N) is 3. The highest BCUT2D eigenvalue weighted by Gasteiger charge is 2.55. The first kappa shape index (κ1) is 20.0. The molecule has 1 unspecified atom stereocenters. The van der Waals surface area contributed by atoms with E-state index in [9.17, 15) is 0 Å². The van der Waals surface area contributed by atoms with Crippen molar-refractivity contribution in [3.63, 3.8) is 0 Å². The van der Waals surface area contributed by atoms with Gasteiger partial charge in [0.1, 0.15) is 6.17 Å². The fourth-order valence-corrected chi connectivity index (χ4v) is 4.61. The lowest BCUT2D eigenvalue weighted by molar-refractivity contribution is 0.183. The molecular weight excluding hydrogens is 330 g/mol. The Hall–Kier alpha value is -1.77. The van der Waals surface area contributed by atoms with E-state index in [2.05, 4.69) is 103 Å². The molecule has 1 atom stereocenters. The highest BCUT2D eigenvalue weighted by atomic mass is 15.5. The molecule has 0 saturated carbocycles. The Kier molecular flexibility index (Phi) is 4.73. The minimum atomic E-state index is 0.0172. The van der Waals surface area contributed by atoms with Gasteiger partial charge in [0.25, 0.3) is 0 Å². The molecule has 0 N–H and O–H groups in total. The number of hydrogen-bond acceptors (Lipinski definition) is 2. The van der Waals surface area contributed by atoms with E-state index in [1.807, 2.05) is 0 Å². The molecule has 27 heavy (non-hydrogen) atoms. The minimum absolute atomic E-state index is 0.0172. The van der Waals surface area contributed by atoms with Gasteiger partial charge in [0, 0.05) is 23.2 Å². The predicted molar refractivity (Wildman–Crippen MR) is 118 cm³/mol. The summed E-state index contributed by atoms with van der Waals surface area (Å²) in [4.78, 5) is 10.1. The largest absolute Gasteiger partial charge is 0.345 e. The first-order chi connectivity index (χ1) is 12.4. The van der Waals surface area contributed by atoms with Gasteiger partial charge < -0.3 is 9.80 Å². The molecule has 1 aromatic rings. The smallest absolute Gasteiger partial charge is 0.153 e. The van der Waals surface area contributed by atoms with E-state index in [0.29, 0.717) is 6.04 Å². The molecule has 0 spiro atoms.